The number of carbonyl (C=O) groups excluding carboxylic acids is 1. The summed E-state index contributed by atoms with van der Waals surface area (Å²) in [5.74, 6) is 2.26. The van der Waals surface area contributed by atoms with Gasteiger partial charge in [0.2, 0.25) is 0 Å². The molecule has 1 aromatic heterocycles. The first kappa shape index (κ1) is 21.7. The summed E-state index contributed by atoms with van der Waals surface area (Å²) in [4.78, 5) is 14.8. The second-order valence-electron chi connectivity index (χ2n) is 7.42. The number of fused-ring (bicyclic) bond motifs is 1. The molecule has 0 N–H and O–H groups in total. The van der Waals surface area contributed by atoms with Crippen LogP contribution in [0.15, 0.2) is 52.9 Å². The van der Waals surface area contributed by atoms with E-state index in [1.165, 1.54) is 12.1 Å². The molecule has 168 valence electrons. The molecule has 1 aliphatic rings. The highest BCUT2D eigenvalue weighted by Gasteiger charge is 2.25. The maximum absolute atomic E-state index is 13.0. The Morgan fingerprint density at radius 2 is 1.66 bits per heavy atom. The fourth-order valence-corrected chi connectivity index (χ4v) is 3.69. The average Bonchev–Trinajstić information content (AvgIpc) is 3.28. The molecular formula is C25H26FNO5. The van der Waals surface area contributed by atoms with Gasteiger partial charge < -0.3 is 23.5 Å². The predicted octanol–water partition coefficient (Wildman–Crippen LogP) is 4.99. The number of ether oxygens (including phenoxy) is 3. The van der Waals surface area contributed by atoms with E-state index in [4.69, 9.17) is 18.6 Å². The minimum atomic E-state index is -0.325. The van der Waals surface area contributed by atoms with Crippen LogP contribution in [0.25, 0.3) is 0 Å². The fourth-order valence-electron chi connectivity index (χ4n) is 3.69. The van der Waals surface area contributed by atoms with Crippen molar-refractivity contribution >= 4 is 5.91 Å². The number of hydrogen-bond acceptors (Lipinski definition) is 5. The van der Waals surface area contributed by atoms with E-state index < -0.39 is 0 Å². The molecule has 1 amide bonds. The number of carbonyl (C=O) groups is 1. The Morgan fingerprint density at radius 3 is 2.34 bits per heavy atom. The van der Waals surface area contributed by atoms with Crippen LogP contribution in [0.1, 0.15) is 41.3 Å². The van der Waals surface area contributed by atoms with Crippen LogP contribution in [0.4, 0.5) is 4.39 Å². The SMILES string of the molecule is CCOc1cc2c(cc1OCC)CN(C(=O)c1ccc(COc3ccc(F)cc3)o1)CC2. The lowest BCUT2D eigenvalue weighted by Gasteiger charge is -2.29. The first-order chi connectivity index (χ1) is 15.6. The first-order valence-electron chi connectivity index (χ1n) is 10.7. The number of furan rings is 1. The Kier molecular flexibility index (Phi) is 6.63. The number of benzene rings is 2. The molecule has 0 atom stereocenters. The maximum Gasteiger partial charge on any atom is 0.289 e. The zero-order valence-electron chi connectivity index (χ0n) is 18.2. The van der Waals surface area contributed by atoms with E-state index >= 15 is 0 Å². The molecule has 7 heteroatoms. The molecule has 2 heterocycles. The number of nitrogens with zero attached hydrogens (tertiary/aromatic N) is 1. The van der Waals surface area contributed by atoms with Crippen molar-refractivity contribution in [3.63, 3.8) is 0 Å². The van der Waals surface area contributed by atoms with Gasteiger partial charge in [0.05, 0.1) is 13.2 Å². The van der Waals surface area contributed by atoms with Crippen molar-refractivity contribution < 1.29 is 27.8 Å². The standard InChI is InChI=1S/C25H26FNO5/c1-3-29-23-13-17-11-12-27(15-18(17)14-24(23)30-4-2)25(28)22-10-9-21(32-22)16-31-20-7-5-19(26)6-8-20/h5-10,13-14H,3-4,11-12,15-16H2,1-2H3. The third-order valence-corrected chi connectivity index (χ3v) is 5.23. The third-order valence-electron chi connectivity index (χ3n) is 5.23. The Labute approximate surface area is 186 Å². The normalized spacial score (nSPS) is 12.9. The van der Waals surface area contributed by atoms with Crippen molar-refractivity contribution in [3.8, 4) is 17.2 Å². The highest BCUT2D eigenvalue weighted by molar-refractivity contribution is 5.91. The van der Waals surface area contributed by atoms with Crippen LogP contribution < -0.4 is 14.2 Å². The van der Waals surface area contributed by atoms with Crippen molar-refractivity contribution in [1.29, 1.82) is 0 Å². The van der Waals surface area contributed by atoms with Crippen molar-refractivity contribution in [3.05, 3.63) is 77.0 Å². The first-order valence-corrected chi connectivity index (χ1v) is 10.7. The summed E-state index contributed by atoms with van der Waals surface area (Å²) in [5, 5.41) is 0. The number of halogens is 1. The van der Waals surface area contributed by atoms with Gasteiger partial charge in [0.25, 0.3) is 5.91 Å². The maximum atomic E-state index is 13.0. The van der Waals surface area contributed by atoms with E-state index in [9.17, 15) is 9.18 Å². The number of amides is 1. The van der Waals surface area contributed by atoms with Gasteiger partial charge in [-0.15, -0.1) is 0 Å². The van der Waals surface area contributed by atoms with Crippen LogP contribution in [0, 0.1) is 5.82 Å². The molecule has 0 spiro atoms. The lowest BCUT2D eigenvalue weighted by molar-refractivity contribution is 0.0698. The van der Waals surface area contributed by atoms with Crippen LogP contribution in [0.2, 0.25) is 0 Å². The van der Waals surface area contributed by atoms with E-state index in [-0.39, 0.29) is 24.1 Å². The van der Waals surface area contributed by atoms with Gasteiger partial charge in [-0.05, 0) is 79.9 Å². The molecule has 0 saturated heterocycles. The smallest absolute Gasteiger partial charge is 0.289 e. The van der Waals surface area contributed by atoms with Gasteiger partial charge in [-0.2, -0.15) is 0 Å². The monoisotopic (exact) mass is 439 g/mol. The fraction of sp³-hybridized carbons (Fsp3) is 0.320. The molecule has 2 aromatic carbocycles. The molecule has 4 rings (SSSR count). The molecular weight excluding hydrogens is 413 g/mol. The van der Waals surface area contributed by atoms with Crippen LogP contribution >= 0.6 is 0 Å². The third kappa shape index (κ3) is 4.88. The Hall–Kier alpha value is -3.48. The lowest BCUT2D eigenvalue weighted by atomic mass is 9.98. The van der Waals surface area contributed by atoms with Gasteiger partial charge in [0.15, 0.2) is 17.3 Å². The van der Waals surface area contributed by atoms with Crippen molar-refractivity contribution in [1.82, 2.24) is 4.90 Å². The second-order valence-corrected chi connectivity index (χ2v) is 7.42. The van der Waals surface area contributed by atoms with Crippen LogP contribution in [0.3, 0.4) is 0 Å². The molecule has 0 aliphatic carbocycles. The summed E-state index contributed by atoms with van der Waals surface area (Å²) in [7, 11) is 0. The summed E-state index contributed by atoms with van der Waals surface area (Å²) in [6.45, 7) is 6.19. The van der Waals surface area contributed by atoms with Crippen molar-refractivity contribution in [2.24, 2.45) is 0 Å². The number of rotatable bonds is 8. The van der Waals surface area contributed by atoms with Gasteiger partial charge in [-0.1, -0.05) is 0 Å². The molecule has 0 saturated carbocycles. The molecule has 6 nitrogen and oxygen atoms in total. The van der Waals surface area contributed by atoms with Crippen LogP contribution in [-0.2, 0) is 19.6 Å². The summed E-state index contributed by atoms with van der Waals surface area (Å²) < 4.78 is 35.7. The summed E-state index contributed by atoms with van der Waals surface area (Å²) >= 11 is 0. The second kappa shape index (κ2) is 9.77. The highest BCUT2D eigenvalue weighted by atomic mass is 19.1. The predicted molar refractivity (Wildman–Crippen MR) is 117 cm³/mol. The molecule has 3 aromatic rings. The topological polar surface area (TPSA) is 61.1 Å². The van der Waals surface area contributed by atoms with Crippen LogP contribution in [0.5, 0.6) is 17.2 Å². The lowest BCUT2D eigenvalue weighted by Crippen LogP contribution is -2.35. The summed E-state index contributed by atoms with van der Waals surface area (Å²) in [6.07, 6.45) is 0.731. The van der Waals surface area contributed by atoms with Gasteiger partial charge >= 0.3 is 0 Å². The van der Waals surface area contributed by atoms with E-state index in [0.717, 1.165) is 23.3 Å². The zero-order chi connectivity index (χ0) is 22.5. The highest BCUT2D eigenvalue weighted by Crippen LogP contribution is 2.34. The quantitative estimate of drug-likeness (QED) is 0.495. The van der Waals surface area contributed by atoms with E-state index in [0.29, 0.717) is 43.6 Å². The molecule has 32 heavy (non-hydrogen) atoms. The van der Waals surface area contributed by atoms with Gasteiger partial charge in [-0.3, -0.25) is 4.79 Å². The minimum Gasteiger partial charge on any atom is -0.490 e. The van der Waals surface area contributed by atoms with Crippen LogP contribution in [-0.4, -0.2) is 30.6 Å². The molecule has 0 fully saturated rings. The van der Waals surface area contributed by atoms with Gasteiger partial charge in [0.1, 0.15) is 23.9 Å². The average molecular weight is 439 g/mol. The molecule has 0 radical (unpaired) electrons. The Bertz CT molecular complexity index is 1080. The Morgan fingerprint density at radius 1 is 0.969 bits per heavy atom. The van der Waals surface area contributed by atoms with Gasteiger partial charge in [-0.25, -0.2) is 4.39 Å². The van der Waals surface area contributed by atoms with Crippen molar-refractivity contribution in [2.45, 2.75) is 33.4 Å². The van der Waals surface area contributed by atoms with E-state index in [2.05, 4.69) is 0 Å². The molecule has 0 unspecified atom stereocenters. The zero-order valence-corrected chi connectivity index (χ0v) is 18.2. The van der Waals surface area contributed by atoms with E-state index in [1.807, 2.05) is 26.0 Å². The summed E-state index contributed by atoms with van der Waals surface area (Å²) in [6, 6.07) is 13.1. The van der Waals surface area contributed by atoms with Crippen molar-refractivity contribution in [2.75, 3.05) is 19.8 Å². The molecule has 0 bridgehead atoms. The Balaban J connectivity index is 1.42. The molecule has 1 aliphatic heterocycles. The largest absolute Gasteiger partial charge is 0.490 e. The van der Waals surface area contributed by atoms with Gasteiger partial charge in [0, 0.05) is 13.1 Å². The summed E-state index contributed by atoms with van der Waals surface area (Å²) in [5.41, 5.74) is 2.21. The minimum absolute atomic E-state index is 0.152. The van der Waals surface area contributed by atoms with E-state index in [1.54, 1.807) is 29.2 Å². The number of hydrogen-bond donors (Lipinski definition) is 0.